The van der Waals surface area contributed by atoms with Gasteiger partial charge in [0.15, 0.2) is 6.61 Å². The van der Waals surface area contributed by atoms with E-state index in [1.165, 1.54) is 25.3 Å². The minimum atomic E-state index is -0.535. The second kappa shape index (κ2) is 9.94. The number of benzene rings is 1. The Labute approximate surface area is 146 Å². The highest BCUT2D eigenvalue weighted by molar-refractivity contribution is 5.85. The Balaban J connectivity index is 0.00000288. The molecule has 1 atom stereocenters. The number of nitro benzene ring substituents is 1. The van der Waals surface area contributed by atoms with Gasteiger partial charge < -0.3 is 20.1 Å². The highest BCUT2D eigenvalue weighted by atomic mass is 35.5. The number of hydrogen-bond donors (Lipinski definition) is 2. The van der Waals surface area contributed by atoms with Gasteiger partial charge >= 0.3 is 5.69 Å². The average Bonchev–Trinajstić information content (AvgIpc) is 3.05. The van der Waals surface area contributed by atoms with E-state index in [0.29, 0.717) is 18.2 Å². The van der Waals surface area contributed by atoms with Crippen LogP contribution < -0.4 is 20.1 Å². The largest absolute Gasteiger partial charge is 0.490 e. The molecule has 1 aromatic rings. The lowest BCUT2D eigenvalue weighted by Crippen LogP contribution is -2.30. The van der Waals surface area contributed by atoms with Crippen molar-refractivity contribution in [3.05, 3.63) is 28.3 Å². The number of hydrogen-bond acceptors (Lipinski definition) is 6. The van der Waals surface area contributed by atoms with E-state index in [1.807, 2.05) is 0 Å². The Hall–Kier alpha value is -2.06. The number of nitrogens with one attached hydrogen (secondary N) is 2. The van der Waals surface area contributed by atoms with E-state index in [1.54, 1.807) is 0 Å². The van der Waals surface area contributed by atoms with Crippen molar-refractivity contribution in [3.63, 3.8) is 0 Å². The molecule has 0 aliphatic carbocycles. The Morgan fingerprint density at radius 2 is 2.29 bits per heavy atom. The van der Waals surface area contributed by atoms with E-state index in [4.69, 9.17) is 9.47 Å². The van der Waals surface area contributed by atoms with Crippen molar-refractivity contribution in [1.82, 2.24) is 10.6 Å². The molecular formula is C15H22ClN3O5. The molecule has 1 aliphatic rings. The molecule has 1 fully saturated rings. The highest BCUT2D eigenvalue weighted by Crippen LogP contribution is 2.30. The van der Waals surface area contributed by atoms with Crippen LogP contribution in [0.2, 0.25) is 0 Å². The fourth-order valence-electron chi connectivity index (χ4n) is 2.48. The van der Waals surface area contributed by atoms with Crippen LogP contribution >= 0.6 is 12.4 Å². The van der Waals surface area contributed by atoms with Gasteiger partial charge in [0.05, 0.1) is 12.0 Å². The number of ether oxygens (including phenoxy) is 2. The first kappa shape index (κ1) is 20.0. The quantitative estimate of drug-likeness (QED) is 0.539. The molecule has 2 rings (SSSR count). The summed E-state index contributed by atoms with van der Waals surface area (Å²) in [5.74, 6) is 0.854. The summed E-state index contributed by atoms with van der Waals surface area (Å²) in [5, 5.41) is 16.9. The fourth-order valence-corrected chi connectivity index (χ4v) is 2.48. The standard InChI is InChI=1S/C15H21N3O5.ClH/c1-22-14-8-12(2-3-13(14)18(20)21)23-10-15(19)17-7-5-11-4-6-16-9-11;/h2-3,8,11,16H,4-7,9-10H2,1H3,(H,17,19);1H. The molecule has 1 unspecified atom stereocenters. The minimum Gasteiger partial charge on any atom is -0.490 e. The van der Waals surface area contributed by atoms with E-state index >= 15 is 0 Å². The summed E-state index contributed by atoms with van der Waals surface area (Å²) in [6.45, 7) is 2.54. The van der Waals surface area contributed by atoms with Crippen molar-refractivity contribution in [3.8, 4) is 11.5 Å². The predicted molar refractivity (Wildman–Crippen MR) is 91.0 cm³/mol. The SMILES string of the molecule is COc1cc(OCC(=O)NCCC2CCNC2)ccc1[N+](=O)[O-].Cl. The average molecular weight is 360 g/mol. The van der Waals surface area contributed by atoms with Crippen LogP contribution in [0.1, 0.15) is 12.8 Å². The van der Waals surface area contributed by atoms with E-state index < -0.39 is 4.92 Å². The lowest BCUT2D eigenvalue weighted by molar-refractivity contribution is -0.385. The summed E-state index contributed by atoms with van der Waals surface area (Å²) in [6.07, 6.45) is 2.10. The molecule has 0 aromatic heterocycles. The molecule has 134 valence electrons. The first-order valence-corrected chi connectivity index (χ1v) is 7.53. The first-order chi connectivity index (χ1) is 11.1. The highest BCUT2D eigenvalue weighted by Gasteiger charge is 2.16. The maximum Gasteiger partial charge on any atom is 0.311 e. The van der Waals surface area contributed by atoms with Gasteiger partial charge in [-0.25, -0.2) is 0 Å². The molecule has 1 amide bonds. The fraction of sp³-hybridized carbons (Fsp3) is 0.533. The van der Waals surface area contributed by atoms with Crippen LogP contribution in [0.15, 0.2) is 18.2 Å². The second-order valence-corrected chi connectivity index (χ2v) is 5.38. The summed E-state index contributed by atoms with van der Waals surface area (Å²) in [6, 6.07) is 4.13. The molecule has 1 aromatic carbocycles. The van der Waals surface area contributed by atoms with Crippen molar-refractivity contribution in [2.45, 2.75) is 12.8 Å². The first-order valence-electron chi connectivity index (χ1n) is 7.53. The van der Waals surface area contributed by atoms with Crippen LogP contribution in [-0.4, -0.2) is 44.2 Å². The number of nitro groups is 1. The van der Waals surface area contributed by atoms with E-state index in [2.05, 4.69) is 10.6 Å². The van der Waals surface area contributed by atoms with Gasteiger partial charge in [-0.3, -0.25) is 14.9 Å². The number of carbonyl (C=O) groups is 1. The topological polar surface area (TPSA) is 103 Å². The number of nitrogens with zero attached hydrogens (tertiary/aromatic N) is 1. The van der Waals surface area contributed by atoms with E-state index in [-0.39, 0.29) is 36.4 Å². The van der Waals surface area contributed by atoms with Crippen LogP contribution in [0, 0.1) is 16.0 Å². The molecule has 0 saturated carbocycles. The molecule has 1 aliphatic heterocycles. The zero-order valence-electron chi connectivity index (χ0n) is 13.4. The zero-order valence-corrected chi connectivity index (χ0v) is 14.3. The molecule has 1 heterocycles. The maximum absolute atomic E-state index is 11.7. The molecule has 0 radical (unpaired) electrons. The Kier molecular flexibility index (Phi) is 8.28. The van der Waals surface area contributed by atoms with Crippen molar-refractivity contribution in [1.29, 1.82) is 0 Å². The smallest absolute Gasteiger partial charge is 0.311 e. The number of rotatable bonds is 8. The van der Waals surface area contributed by atoms with Crippen molar-refractivity contribution in [2.24, 2.45) is 5.92 Å². The number of carbonyl (C=O) groups excluding carboxylic acids is 1. The summed E-state index contributed by atoms with van der Waals surface area (Å²) in [4.78, 5) is 22.0. The van der Waals surface area contributed by atoms with Gasteiger partial charge in [-0.05, 0) is 37.9 Å². The second-order valence-electron chi connectivity index (χ2n) is 5.38. The Morgan fingerprint density at radius 1 is 1.50 bits per heavy atom. The molecule has 24 heavy (non-hydrogen) atoms. The van der Waals surface area contributed by atoms with Crippen molar-refractivity contribution >= 4 is 24.0 Å². The number of amides is 1. The van der Waals surface area contributed by atoms with Gasteiger partial charge in [0.1, 0.15) is 5.75 Å². The summed E-state index contributed by atoms with van der Waals surface area (Å²) >= 11 is 0. The Morgan fingerprint density at radius 3 is 2.92 bits per heavy atom. The third-order valence-corrected chi connectivity index (χ3v) is 3.75. The molecule has 8 nitrogen and oxygen atoms in total. The molecule has 1 saturated heterocycles. The van der Waals surface area contributed by atoms with Crippen molar-refractivity contribution < 1.29 is 19.2 Å². The molecule has 0 bridgehead atoms. The van der Waals surface area contributed by atoms with Gasteiger partial charge in [0.25, 0.3) is 5.91 Å². The molecule has 0 spiro atoms. The molecular weight excluding hydrogens is 338 g/mol. The van der Waals surface area contributed by atoms with Gasteiger partial charge in [0.2, 0.25) is 5.75 Å². The number of halogens is 1. The lowest BCUT2D eigenvalue weighted by Gasteiger charge is -2.10. The van der Waals surface area contributed by atoms with Crippen LogP contribution in [-0.2, 0) is 4.79 Å². The van der Waals surface area contributed by atoms with E-state index in [9.17, 15) is 14.9 Å². The third-order valence-electron chi connectivity index (χ3n) is 3.75. The van der Waals surface area contributed by atoms with Crippen LogP contribution in [0.3, 0.4) is 0 Å². The summed E-state index contributed by atoms with van der Waals surface area (Å²) < 4.78 is 10.3. The van der Waals surface area contributed by atoms with Gasteiger partial charge in [-0.2, -0.15) is 0 Å². The molecule has 2 N–H and O–H groups in total. The third kappa shape index (κ3) is 5.86. The van der Waals surface area contributed by atoms with Gasteiger partial charge in [-0.1, -0.05) is 0 Å². The summed E-state index contributed by atoms with van der Waals surface area (Å²) in [7, 11) is 1.34. The van der Waals surface area contributed by atoms with Crippen LogP contribution in [0.25, 0.3) is 0 Å². The van der Waals surface area contributed by atoms with Gasteiger partial charge in [-0.15, -0.1) is 12.4 Å². The monoisotopic (exact) mass is 359 g/mol. The van der Waals surface area contributed by atoms with E-state index in [0.717, 1.165) is 25.9 Å². The minimum absolute atomic E-state index is 0. The van der Waals surface area contributed by atoms with Crippen LogP contribution in [0.4, 0.5) is 5.69 Å². The normalized spacial score (nSPS) is 16.1. The molecule has 9 heteroatoms. The van der Waals surface area contributed by atoms with Crippen LogP contribution in [0.5, 0.6) is 11.5 Å². The summed E-state index contributed by atoms with van der Waals surface area (Å²) in [5.41, 5.74) is -0.144. The van der Waals surface area contributed by atoms with Crippen molar-refractivity contribution in [2.75, 3.05) is 33.4 Å². The lowest BCUT2D eigenvalue weighted by atomic mass is 10.1. The zero-order chi connectivity index (χ0) is 16.7. The number of methoxy groups -OCH3 is 1. The Bertz CT molecular complexity index is 564. The van der Waals surface area contributed by atoms with Gasteiger partial charge in [0, 0.05) is 18.7 Å². The predicted octanol–water partition coefficient (Wildman–Crippen LogP) is 1.52. The maximum atomic E-state index is 11.7.